The summed E-state index contributed by atoms with van der Waals surface area (Å²) in [5, 5.41) is 0.604. The molecule has 0 aliphatic carbocycles. The van der Waals surface area contributed by atoms with E-state index in [4.69, 9.17) is 13.7 Å². The van der Waals surface area contributed by atoms with Crippen molar-refractivity contribution < 1.29 is 31.7 Å². The number of rotatable bonds is 5. The van der Waals surface area contributed by atoms with Gasteiger partial charge in [-0.1, -0.05) is 18.2 Å². The third-order valence-corrected chi connectivity index (χ3v) is 3.32. The Morgan fingerprint density at radius 3 is 2.68 bits per heavy atom. The Labute approximate surface area is 125 Å². The number of ether oxygens (including phenoxy) is 2. The van der Waals surface area contributed by atoms with E-state index in [9.17, 15) is 18.0 Å². The lowest BCUT2D eigenvalue weighted by Gasteiger charge is -2.07. The second kappa shape index (κ2) is 6.58. The maximum Gasteiger partial charge on any atom is 0.508 e. The molecular weight excluding hydrogens is 316 g/mol. The van der Waals surface area contributed by atoms with Crippen LogP contribution in [-0.4, -0.2) is 31.5 Å². The Morgan fingerprint density at radius 1 is 1.23 bits per heavy atom. The highest BCUT2D eigenvalue weighted by Gasteiger charge is 2.11. The van der Waals surface area contributed by atoms with Crippen LogP contribution in [-0.2, 0) is 26.2 Å². The van der Waals surface area contributed by atoms with E-state index in [1.807, 2.05) is 0 Å². The summed E-state index contributed by atoms with van der Waals surface area (Å²) >= 11 is 0. The molecule has 0 bridgehead atoms. The molecule has 22 heavy (non-hydrogen) atoms. The van der Waals surface area contributed by atoms with E-state index >= 15 is 0 Å². The topological polar surface area (TPSA) is 120 Å². The molecule has 118 valence electrons. The van der Waals surface area contributed by atoms with Gasteiger partial charge in [-0.2, -0.15) is 8.42 Å². The molecule has 1 heterocycles. The molecule has 0 fully saturated rings. The van der Waals surface area contributed by atoms with Gasteiger partial charge in [0, 0.05) is 17.0 Å². The van der Waals surface area contributed by atoms with Crippen LogP contribution in [0.25, 0.3) is 11.0 Å². The van der Waals surface area contributed by atoms with Gasteiger partial charge >= 0.3 is 11.8 Å². The highest BCUT2D eigenvalue weighted by molar-refractivity contribution is 7.85. The summed E-state index contributed by atoms with van der Waals surface area (Å²) in [6.45, 7) is -0.772. The molecule has 1 N–H and O–H groups in total. The molecule has 0 radical (unpaired) electrons. The molecule has 0 unspecified atom stereocenters. The zero-order valence-corrected chi connectivity index (χ0v) is 12.0. The van der Waals surface area contributed by atoms with Gasteiger partial charge in [0.1, 0.15) is 24.5 Å². The number of carbonyl (C=O) groups excluding carboxylic acids is 1. The minimum atomic E-state index is -4.21. The summed E-state index contributed by atoms with van der Waals surface area (Å²) in [4.78, 5) is 22.7. The summed E-state index contributed by atoms with van der Waals surface area (Å²) in [6.07, 6.45) is -1.11. The highest BCUT2D eigenvalue weighted by Crippen LogP contribution is 2.17. The molecule has 1 aromatic carbocycles. The van der Waals surface area contributed by atoms with Crippen molar-refractivity contribution in [1.29, 1.82) is 0 Å². The fraction of sp³-hybridized carbons (Fsp3) is 0.231. The maximum atomic E-state index is 11.4. The van der Waals surface area contributed by atoms with Gasteiger partial charge < -0.3 is 13.9 Å². The van der Waals surface area contributed by atoms with Gasteiger partial charge in [0.15, 0.2) is 0 Å². The molecule has 0 spiro atoms. The Bertz CT molecular complexity index is 836. The van der Waals surface area contributed by atoms with Crippen molar-refractivity contribution in [3.63, 3.8) is 0 Å². The molecule has 0 saturated carbocycles. The molecule has 0 atom stereocenters. The van der Waals surface area contributed by atoms with Gasteiger partial charge in [0.05, 0.1) is 0 Å². The number of fused-ring (bicyclic) bond motifs is 1. The summed E-state index contributed by atoms with van der Waals surface area (Å²) in [7, 11) is -4.21. The Balaban J connectivity index is 2.00. The number of carbonyl (C=O) groups is 1. The van der Waals surface area contributed by atoms with E-state index < -0.39 is 34.3 Å². The van der Waals surface area contributed by atoms with Crippen molar-refractivity contribution in [2.75, 3.05) is 12.4 Å². The number of benzene rings is 1. The molecule has 2 aromatic rings. The first-order chi connectivity index (χ1) is 10.3. The van der Waals surface area contributed by atoms with Crippen LogP contribution in [0, 0.1) is 0 Å². The minimum Gasteiger partial charge on any atom is -0.433 e. The maximum absolute atomic E-state index is 11.4. The molecule has 1 aromatic heterocycles. The van der Waals surface area contributed by atoms with Crippen molar-refractivity contribution >= 4 is 27.2 Å². The van der Waals surface area contributed by atoms with Crippen molar-refractivity contribution in [3.05, 3.63) is 46.3 Å². The van der Waals surface area contributed by atoms with E-state index in [-0.39, 0.29) is 6.61 Å². The SMILES string of the molecule is O=C(OCCS(=O)(=O)O)OCc1cc(=O)oc2ccccc12. The zero-order chi connectivity index (χ0) is 16.2. The lowest BCUT2D eigenvalue weighted by Crippen LogP contribution is -2.15. The fourth-order valence-corrected chi connectivity index (χ4v) is 2.00. The Kier molecular flexibility index (Phi) is 4.78. The minimum absolute atomic E-state index is 0.239. The van der Waals surface area contributed by atoms with Crippen molar-refractivity contribution in [3.8, 4) is 0 Å². The standard InChI is InChI=1S/C13H12O8S/c14-12-7-9(10-3-1-2-4-11(10)21-12)8-20-13(15)19-5-6-22(16,17)18/h1-4,7H,5-6,8H2,(H,16,17,18). The third-order valence-electron chi connectivity index (χ3n) is 2.64. The third kappa shape index (κ3) is 4.57. The van der Waals surface area contributed by atoms with E-state index in [2.05, 4.69) is 4.74 Å². The largest absolute Gasteiger partial charge is 0.508 e. The molecule has 9 heteroatoms. The van der Waals surface area contributed by atoms with Crippen LogP contribution in [0.5, 0.6) is 0 Å². The average molecular weight is 328 g/mol. The van der Waals surface area contributed by atoms with Gasteiger partial charge in [0.2, 0.25) is 0 Å². The summed E-state index contributed by atoms with van der Waals surface area (Å²) < 4.78 is 43.6. The lowest BCUT2D eigenvalue weighted by atomic mass is 10.1. The summed E-state index contributed by atoms with van der Waals surface area (Å²) in [5.41, 5.74) is 0.198. The second-order valence-electron chi connectivity index (χ2n) is 4.26. The van der Waals surface area contributed by atoms with Crippen LogP contribution < -0.4 is 5.63 Å². The molecule has 0 aliphatic rings. The quantitative estimate of drug-likeness (QED) is 0.496. The van der Waals surface area contributed by atoms with Gasteiger partial charge in [-0.05, 0) is 6.07 Å². The first-order valence-electron chi connectivity index (χ1n) is 6.11. The van der Waals surface area contributed by atoms with Crippen molar-refractivity contribution in [2.45, 2.75) is 6.61 Å². The monoisotopic (exact) mass is 328 g/mol. The first kappa shape index (κ1) is 16.0. The lowest BCUT2D eigenvalue weighted by molar-refractivity contribution is 0.0541. The van der Waals surface area contributed by atoms with Crippen LogP contribution in [0.2, 0.25) is 0 Å². The number of hydrogen-bond acceptors (Lipinski definition) is 7. The molecule has 0 aliphatic heterocycles. The normalized spacial score (nSPS) is 11.3. The number of para-hydroxylation sites is 1. The Hall–Kier alpha value is -2.39. The van der Waals surface area contributed by atoms with E-state index in [1.54, 1.807) is 24.3 Å². The van der Waals surface area contributed by atoms with Crippen LogP contribution in [0.3, 0.4) is 0 Å². The van der Waals surface area contributed by atoms with Gasteiger partial charge in [-0.25, -0.2) is 9.59 Å². The van der Waals surface area contributed by atoms with Crippen LogP contribution >= 0.6 is 0 Å². The number of hydrogen-bond donors (Lipinski definition) is 1. The van der Waals surface area contributed by atoms with E-state index in [0.29, 0.717) is 16.5 Å². The molecule has 8 nitrogen and oxygen atoms in total. The average Bonchev–Trinajstić information content (AvgIpc) is 2.43. The van der Waals surface area contributed by atoms with E-state index in [1.165, 1.54) is 6.07 Å². The first-order valence-corrected chi connectivity index (χ1v) is 7.72. The smallest absolute Gasteiger partial charge is 0.433 e. The molecule has 0 saturated heterocycles. The predicted molar refractivity (Wildman–Crippen MR) is 75.0 cm³/mol. The summed E-state index contributed by atoms with van der Waals surface area (Å²) in [5.74, 6) is -0.722. The van der Waals surface area contributed by atoms with Gasteiger partial charge in [-0.3, -0.25) is 4.55 Å². The van der Waals surface area contributed by atoms with Crippen molar-refractivity contribution in [1.82, 2.24) is 0 Å². The molecule has 0 amide bonds. The second-order valence-corrected chi connectivity index (χ2v) is 5.83. The van der Waals surface area contributed by atoms with Crippen LogP contribution in [0.1, 0.15) is 5.56 Å². The van der Waals surface area contributed by atoms with Crippen molar-refractivity contribution in [2.24, 2.45) is 0 Å². The predicted octanol–water partition coefficient (Wildman–Crippen LogP) is 1.33. The fourth-order valence-electron chi connectivity index (χ4n) is 1.71. The van der Waals surface area contributed by atoms with Crippen LogP contribution in [0.4, 0.5) is 4.79 Å². The molecular formula is C13H12O8S. The molecule has 2 rings (SSSR count). The van der Waals surface area contributed by atoms with Gasteiger partial charge in [0.25, 0.3) is 10.1 Å². The highest BCUT2D eigenvalue weighted by atomic mass is 32.2. The summed E-state index contributed by atoms with van der Waals surface area (Å²) in [6, 6.07) is 7.91. The van der Waals surface area contributed by atoms with E-state index in [0.717, 1.165) is 0 Å². The van der Waals surface area contributed by atoms with Crippen LogP contribution in [0.15, 0.2) is 39.5 Å². The zero-order valence-electron chi connectivity index (χ0n) is 11.2. The van der Waals surface area contributed by atoms with Gasteiger partial charge in [-0.15, -0.1) is 0 Å². The Morgan fingerprint density at radius 2 is 1.95 bits per heavy atom.